The maximum Gasteiger partial charge on any atom is 0.312 e. The lowest BCUT2D eigenvalue weighted by Gasteiger charge is -2.10. The van der Waals surface area contributed by atoms with E-state index in [0.717, 1.165) is 11.9 Å². The first-order valence-electron chi connectivity index (χ1n) is 6.58. The van der Waals surface area contributed by atoms with Gasteiger partial charge in [0.05, 0.1) is 22.2 Å². The van der Waals surface area contributed by atoms with Gasteiger partial charge in [0, 0.05) is 31.7 Å². The van der Waals surface area contributed by atoms with Gasteiger partial charge in [0.1, 0.15) is 0 Å². The van der Waals surface area contributed by atoms with Crippen molar-refractivity contribution in [2.45, 2.75) is 23.8 Å². The van der Waals surface area contributed by atoms with Crippen LogP contribution in [0, 0.1) is 0 Å². The fraction of sp³-hybridized carbons (Fsp3) is 0.357. The second-order valence-electron chi connectivity index (χ2n) is 5.39. The first-order valence-corrected chi connectivity index (χ1v) is 8.48. The molecule has 0 aliphatic carbocycles. The molecular weight excluding hydrogens is 292 g/mol. The van der Waals surface area contributed by atoms with Gasteiger partial charge in [0.25, 0.3) is 0 Å². The van der Waals surface area contributed by atoms with Gasteiger partial charge in [-0.05, 0) is 24.6 Å². The first-order chi connectivity index (χ1) is 9.80. The van der Waals surface area contributed by atoms with Crippen molar-refractivity contribution in [2.24, 2.45) is 7.05 Å². The van der Waals surface area contributed by atoms with Gasteiger partial charge in [-0.15, -0.1) is 0 Å². The van der Waals surface area contributed by atoms with Crippen molar-refractivity contribution < 1.29 is 18.3 Å². The molecule has 0 bridgehead atoms. The third kappa shape index (κ3) is 2.08. The molecule has 2 aromatic heterocycles. The summed E-state index contributed by atoms with van der Waals surface area (Å²) in [7, 11) is -1.59. The Morgan fingerprint density at radius 3 is 2.67 bits per heavy atom. The number of rotatable bonds is 3. The van der Waals surface area contributed by atoms with Crippen LogP contribution in [0.25, 0.3) is 11.4 Å². The van der Waals surface area contributed by atoms with Gasteiger partial charge in [0.15, 0.2) is 9.84 Å². The van der Waals surface area contributed by atoms with Crippen LogP contribution in [0.1, 0.15) is 18.0 Å². The van der Waals surface area contributed by atoms with Crippen LogP contribution >= 0.6 is 0 Å². The van der Waals surface area contributed by atoms with Crippen LogP contribution in [0.15, 0.2) is 29.3 Å². The lowest BCUT2D eigenvalue weighted by Crippen LogP contribution is -2.07. The maximum absolute atomic E-state index is 12.1. The van der Waals surface area contributed by atoms with Gasteiger partial charge in [-0.25, -0.2) is 8.42 Å². The Balaban J connectivity index is 2.31. The van der Waals surface area contributed by atoms with Gasteiger partial charge in [-0.1, -0.05) is 0 Å². The zero-order valence-corrected chi connectivity index (χ0v) is 12.6. The summed E-state index contributed by atoms with van der Waals surface area (Å²) in [5, 5.41) is 9.28. The van der Waals surface area contributed by atoms with E-state index < -0.39 is 21.7 Å². The average molecular weight is 308 g/mol. The van der Waals surface area contributed by atoms with E-state index in [9.17, 15) is 18.3 Å². The second-order valence-corrected chi connectivity index (χ2v) is 7.37. The summed E-state index contributed by atoms with van der Waals surface area (Å²) in [5.41, 5.74) is 1.93. The normalized spacial score (nSPS) is 17.9. The summed E-state index contributed by atoms with van der Waals surface area (Å²) in [4.78, 5) is 11.5. The van der Waals surface area contributed by atoms with E-state index in [1.54, 1.807) is 0 Å². The van der Waals surface area contributed by atoms with Crippen molar-refractivity contribution >= 4 is 15.8 Å². The molecule has 21 heavy (non-hydrogen) atoms. The minimum Gasteiger partial charge on any atom is -0.481 e. The van der Waals surface area contributed by atoms with Crippen molar-refractivity contribution in [3.05, 3.63) is 30.1 Å². The van der Waals surface area contributed by atoms with E-state index >= 15 is 0 Å². The first kappa shape index (κ1) is 13.9. The molecule has 1 aliphatic rings. The van der Waals surface area contributed by atoms with Crippen LogP contribution in [-0.2, 0) is 28.2 Å². The van der Waals surface area contributed by atoms with E-state index in [4.69, 9.17) is 0 Å². The van der Waals surface area contributed by atoms with Gasteiger partial charge in [-0.3, -0.25) is 4.79 Å². The number of carboxylic acids is 1. The number of hydrogen-bond acceptors (Lipinski definition) is 3. The summed E-state index contributed by atoms with van der Waals surface area (Å²) in [5.74, 6) is -1.55. The number of sulfone groups is 1. The Bertz CT molecular complexity index is 829. The van der Waals surface area contributed by atoms with Crippen LogP contribution in [-0.4, -0.2) is 34.9 Å². The monoisotopic (exact) mass is 308 g/mol. The Labute approximate surface area is 122 Å². The molecule has 1 unspecified atom stereocenters. The van der Waals surface area contributed by atoms with Crippen LogP contribution < -0.4 is 0 Å². The molecule has 3 heterocycles. The largest absolute Gasteiger partial charge is 0.481 e. The molecule has 0 saturated carbocycles. The topological polar surface area (TPSA) is 81.3 Å². The summed E-state index contributed by atoms with van der Waals surface area (Å²) >= 11 is 0. The van der Waals surface area contributed by atoms with Crippen LogP contribution in [0.3, 0.4) is 0 Å². The van der Waals surface area contributed by atoms with Gasteiger partial charge in [0.2, 0.25) is 0 Å². The Morgan fingerprint density at radius 1 is 1.43 bits per heavy atom. The molecule has 7 heteroatoms. The molecule has 0 aromatic carbocycles. The summed E-state index contributed by atoms with van der Waals surface area (Å²) < 4.78 is 27.8. The number of hydrogen-bond donors (Lipinski definition) is 1. The molecule has 2 aromatic rings. The van der Waals surface area contributed by atoms with E-state index in [0.29, 0.717) is 24.4 Å². The predicted molar refractivity (Wildman–Crippen MR) is 76.9 cm³/mol. The molecule has 0 amide bonds. The summed E-state index contributed by atoms with van der Waals surface area (Å²) in [6.07, 6.45) is 3.48. The average Bonchev–Trinajstić information content (AvgIpc) is 3.00. The molecule has 0 spiro atoms. The minimum absolute atomic E-state index is 0.199. The highest BCUT2D eigenvalue weighted by molar-refractivity contribution is 7.90. The Morgan fingerprint density at radius 2 is 2.14 bits per heavy atom. The van der Waals surface area contributed by atoms with Crippen molar-refractivity contribution in [2.75, 3.05) is 6.26 Å². The summed E-state index contributed by atoms with van der Waals surface area (Å²) in [6.45, 7) is 0.516. The van der Waals surface area contributed by atoms with Gasteiger partial charge in [-0.2, -0.15) is 0 Å². The van der Waals surface area contributed by atoms with Crippen molar-refractivity contribution in [1.82, 2.24) is 9.13 Å². The van der Waals surface area contributed by atoms with Crippen LogP contribution in [0.5, 0.6) is 0 Å². The van der Waals surface area contributed by atoms with E-state index in [2.05, 4.69) is 0 Å². The molecule has 0 fully saturated rings. The quantitative estimate of drug-likeness (QED) is 0.931. The number of nitrogens with zero attached hydrogens (tertiary/aromatic N) is 2. The van der Waals surface area contributed by atoms with Gasteiger partial charge < -0.3 is 14.2 Å². The standard InChI is InChI=1S/C14H16N2O4S/c1-15-6-3-4-10(15)13-12(21(2,19)20)8-11-9(14(17)18)5-7-16(11)13/h3-4,6,8-9H,5,7H2,1-2H3,(H,17,18). The number of carboxylic acid groups (broad SMARTS) is 1. The molecule has 112 valence electrons. The fourth-order valence-electron chi connectivity index (χ4n) is 2.98. The van der Waals surface area contributed by atoms with E-state index in [1.807, 2.05) is 34.5 Å². The fourth-order valence-corrected chi connectivity index (χ4v) is 3.88. The van der Waals surface area contributed by atoms with Gasteiger partial charge >= 0.3 is 5.97 Å². The van der Waals surface area contributed by atoms with Crippen LogP contribution in [0.4, 0.5) is 0 Å². The molecule has 0 saturated heterocycles. The van der Waals surface area contributed by atoms with Crippen LogP contribution in [0.2, 0.25) is 0 Å². The van der Waals surface area contributed by atoms with Crippen molar-refractivity contribution in [3.63, 3.8) is 0 Å². The third-order valence-corrected chi connectivity index (χ3v) is 5.09. The zero-order valence-electron chi connectivity index (χ0n) is 11.8. The Kier molecular flexibility index (Phi) is 2.98. The molecule has 0 radical (unpaired) electrons. The number of carbonyl (C=O) groups is 1. The van der Waals surface area contributed by atoms with Crippen molar-refractivity contribution in [1.29, 1.82) is 0 Å². The number of aromatic nitrogens is 2. The summed E-state index contributed by atoms with van der Waals surface area (Å²) in [6, 6.07) is 5.19. The zero-order chi connectivity index (χ0) is 15.4. The predicted octanol–water partition coefficient (Wildman–Crippen LogP) is 1.47. The minimum atomic E-state index is -3.43. The molecule has 1 aliphatic heterocycles. The number of fused-ring (bicyclic) bond motifs is 1. The van der Waals surface area contributed by atoms with E-state index in [1.165, 1.54) is 6.07 Å². The smallest absolute Gasteiger partial charge is 0.312 e. The molecule has 1 N–H and O–H groups in total. The third-order valence-electron chi connectivity index (χ3n) is 3.98. The molecule has 6 nitrogen and oxygen atoms in total. The number of aryl methyl sites for hydroxylation is 1. The lowest BCUT2D eigenvalue weighted by atomic mass is 10.1. The highest BCUT2D eigenvalue weighted by Gasteiger charge is 2.35. The second kappa shape index (κ2) is 4.49. The highest BCUT2D eigenvalue weighted by atomic mass is 32.2. The number of aliphatic carboxylic acids is 1. The van der Waals surface area contributed by atoms with E-state index in [-0.39, 0.29) is 4.90 Å². The molecular formula is C14H16N2O4S. The maximum atomic E-state index is 12.1. The highest BCUT2D eigenvalue weighted by Crippen LogP contribution is 2.39. The lowest BCUT2D eigenvalue weighted by molar-refractivity contribution is -0.138. The Hall–Kier alpha value is -2.02. The SMILES string of the molecule is Cn1cccc1-c1c(S(C)(=O)=O)cc2n1CCC2C(=O)O. The molecule has 3 rings (SSSR count). The van der Waals surface area contributed by atoms with Crippen molar-refractivity contribution in [3.8, 4) is 11.4 Å². The molecule has 1 atom stereocenters.